The molecule has 29 valence electrons. The van der Waals surface area contributed by atoms with Crippen LogP contribution in [0.15, 0.2) is 0 Å². The first kappa shape index (κ1) is 16.8. The van der Waals surface area contributed by atoms with E-state index in [0.717, 1.165) is 0 Å². The first-order valence-electron chi connectivity index (χ1n) is 0.204. The first-order chi connectivity index (χ1) is 1.00. The van der Waals surface area contributed by atoms with Crippen molar-refractivity contribution in [3.8, 4) is 0 Å². The van der Waals surface area contributed by atoms with E-state index in [9.17, 15) is 0 Å². The third-order valence-corrected chi connectivity index (χ3v) is 0. The summed E-state index contributed by atoms with van der Waals surface area (Å²) in [5.41, 5.74) is 0. The normalized spacial score (nSPS) is 1.00. The molecule has 0 fully saturated rings. The zero-order valence-electron chi connectivity index (χ0n) is 1.56. The van der Waals surface area contributed by atoms with Crippen molar-refractivity contribution in [3.05, 3.63) is 0 Å². The summed E-state index contributed by atoms with van der Waals surface area (Å²) in [4.78, 5) is 0. The Morgan fingerprint density at radius 2 is 1.25 bits per heavy atom. The third kappa shape index (κ3) is 9.08. The molecule has 0 heterocycles. The molecular formula is IrOPdSn. The quantitative estimate of drug-likeness (QED) is 0.471. The van der Waals surface area contributed by atoms with Gasteiger partial charge in [0.15, 0.2) is 0 Å². The molecule has 0 aliphatic carbocycles. The number of hydrogen-bond donors (Lipinski definition) is 0. The van der Waals surface area contributed by atoms with Gasteiger partial charge in [0.2, 0.25) is 0 Å². The van der Waals surface area contributed by atoms with Gasteiger partial charge in [-0.2, -0.15) is 0 Å². The molecule has 0 N–H and O–H groups in total. The van der Waals surface area contributed by atoms with Crippen LogP contribution in [0.25, 0.3) is 0 Å². The van der Waals surface area contributed by atoms with Gasteiger partial charge < -0.3 is 0 Å². The molecule has 0 rings (SSSR count). The summed E-state index contributed by atoms with van der Waals surface area (Å²) in [6, 6.07) is 0. The van der Waals surface area contributed by atoms with Gasteiger partial charge in [-0.05, 0) is 0 Å². The second kappa shape index (κ2) is 20.6. The molecule has 0 spiro atoms. The van der Waals surface area contributed by atoms with Crippen LogP contribution in [-0.4, -0.2) is 22.5 Å². The van der Waals surface area contributed by atoms with Crippen molar-refractivity contribution in [1.82, 2.24) is 0 Å². The van der Waals surface area contributed by atoms with Crippen LogP contribution < -0.4 is 0 Å². The maximum atomic E-state index is 8.34. The Kier molecular flexibility index (Phi) is 86.5. The molecule has 0 aliphatic heterocycles. The Hall–Kier alpha value is 1.91. The molecule has 0 amide bonds. The van der Waals surface area contributed by atoms with Gasteiger partial charge in [0.05, 0.1) is 0 Å². The van der Waals surface area contributed by atoms with Crippen LogP contribution in [0.1, 0.15) is 0 Å². The van der Waals surface area contributed by atoms with Crippen molar-refractivity contribution in [2.24, 2.45) is 0 Å². The van der Waals surface area contributed by atoms with Gasteiger partial charge in [-0.1, -0.05) is 0 Å². The average Bonchev–Trinajstić information content (AvgIpc) is 1.00. The standard InChI is InChI=1S/Ir.O.Pd.Sn. The maximum Gasteiger partial charge on any atom is 0 e. The molecule has 4 heavy (non-hydrogen) atoms. The van der Waals surface area contributed by atoms with E-state index in [1.54, 1.807) is 0 Å². The van der Waals surface area contributed by atoms with Crippen LogP contribution in [0.3, 0.4) is 0 Å². The fourth-order valence-corrected chi connectivity index (χ4v) is 0. The van der Waals surface area contributed by atoms with Crippen molar-refractivity contribution in [2.45, 2.75) is 0 Å². The van der Waals surface area contributed by atoms with E-state index < -0.39 is 0 Å². The number of hydrogen-bond acceptors (Lipinski definition) is 1. The van der Waals surface area contributed by atoms with Crippen molar-refractivity contribution < 1.29 is 43.6 Å². The Bertz CT molecular complexity index is 8.00. The van der Waals surface area contributed by atoms with Crippen LogP contribution in [0, 0.1) is 0 Å². The Balaban J connectivity index is -0.00000000500. The summed E-state index contributed by atoms with van der Waals surface area (Å²) in [5, 5.41) is 0. The summed E-state index contributed by atoms with van der Waals surface area (Å²) < 4.78 is 8.34. The molecule has 0 aromatic carbocycles. The molecule has 0 aromatic rings. The Labute approximate surface area is 65.4 Å². The van der Waals surface area contributed by atoms with E-state index in [2.05, 4.69) is 0 Å². The topological polar surface area (TPSA) is 17.1 Å². The third-order valence-electron chi connectivity index (χ3n) is 0. The summed E-state index contributed by atoms with van der Waals surface area (Å²) in [6.45, 7) is 0. The van der Waals surface area contributed by atoms with Gasteiger partial charge in [-0.25, -0.2) is 0 Å². The van der Waals surface area contributed by atoms with Crippen LogP contribution in [0.4, 0.5) is 0 Å². The van der Waals surface area contributed by atoms with Crippen molar-refractivity contribution in [3.63, 3.8) is 0 Å². The summed E-state index contributed by atoms with van der Waals surface area (Å²) in [6.07, 6.45) is 0. The van der Waals surface area contributed by atoms with Crippen LogP contribution >= 0.6 is 0 Å². The zero-order chi connectivity index (χ0) is 2.00. The molecule has 0 bridgehead atoms. The maximum absolute atomic E-state index is 8.34. The van der Waals surface area contributed by atoms with Crippen LogP contribution in [-0.2, 0) is 43.6 Å². The predicted octanol–water partition coefficient (Wildman–Crippen LogP) is -0.505. The molecule has 0 aliphatic rings. The molecule has 0 unspecified atom stereocenters. The van der Waals surface area contributed by atoms with Gasteiger partial charge in [0.1, 0.15) is 0 Å². The minimum Gasteiger partial charge on any atom is 0 e. The first-order valence-corrected chi connectivity index (χ1v) is 1.37. The fraction of sp³-hybridized carbons (Fsp3) is 0. The summed E-state index contributed by atoms with van der Waals surface area (Å²) in [5.74, 6) is 0. The predicted molar refractivity (Wildman–Crippen MR) is 6.44 cm³/mol. The monoisotopic (exact) mass is 435 g/mol. The molecule has 0 atom stereocenters. The Morgan fingerprint density at radius 3 is 1.25 bits per heavy atom. The molecule has 0 saturated heterocycles. The fourth-order valence-electron chi connectivity index (χ4n) is 0. The molecular weight excluding hydrogens is 433 g/mol. The van der Waals surface area contributed by atoms with E-state index in [-0.39, 0.29) is 40.5 Å². The molecule has 4 heteroatoms. The molecule has 1 nitrogen and oxygen atoms in total. The Morgan fingerprint density at radius 1 is 1.25 bits per heavy atom. The van der Waals surface area contributed by atoms with Gasteiger partial charge in [0.25, 0.3) is 0 Å². The second-order valence-electron chi connectivity index (χ2n) is 0. The molecule has 0 aromatic heterocycles. The van der Waals surface area contributed by atoms with Gasteiger partial charge in [-0.15, -0.1) is 0 Å². The largest absolute Gasteiger partial charge is 0 e. The van der Waals surface area contributed by atoms with E-state index >= 15 is 0 Å². The smallest absolute Gasteiger partial charge is 0 e. The van der Waals surface area contributed by atoms with Crippen molar-refractivity contribution in [2.75, 3.05) is 0 Å². The van der Waals surface area contributed by atoms with Gasteiger partial charge >= 0.3 is 25.6 Å². The van der Waals surface area contributed by atoms with E-state index in [1.807, 2.05) is 0 Å². The van der Waals surface area contributed by atoms with Gasteiger partial charge in [-0.3, -0.25) is 0 Å². The van der Waals surface area contributed by atoms with Crippen LogP contribution in [0.5, 0.6) is 0 Å². The van der Waals surface area contributed by atoms with E-state index in [0.29, 0.717) is 22.5 Å². The summed E-state index contributed by atoms with van der Waals surface area (Å²) in [7, 11) is 0. The summed E-state index contributed by atoms with van der Waals surface area (Å²) >= 11 is 0.300. The number of rotatable bonds is 0. The van der Waals surface area contributed by atoms with E-state index in [1.165, 1.54) is 0 Å². The minimum atomic E-state index is 0. The minimum absolute atomic E-state index is 0. The van der Waals surface area contributed by atoms with Crippen molar-refractivity contribution >= 4 is 22.5 Å². The SMILES string of the molecule is [Ir].[O]=[Sn].[Pd]. The average molecular weight is 433 g/mol. The van der Waals surface area contributed by atoms with Crippen LogP contribution in [0.2, 0.25) is 0 Å². The molecule has 0 saturated carbocycles. The molecule has 3 radical (unpaired) electrons. The zero-order valence-corrected chi connectivity index (χ0v) is 8.36. The second-order valence-corrected chi connectivity index (χ2v) is 0. The van der Waals surface area contributed by atoms with Crippen molar-refractivity contribution in [1.29, 1.82) is 0 Å². The van der Waals surface area contributed by atoms with Gasteiger partial charge in [0, 0.05) is 40.5 Å². The van der Waals surface area contributed by atoms with E-state index in [4.69, 9.17) is 3.08 Å².